The summed E-state index contributed by atoms with van der Waals surface area (Å²) in [5.74, 6) is 0.673. The summed E-state index contributed by atoms with van der Waals surface area (Å²) in [6, 6.07) is 2.11. The predicted molar refractivity (Wildman–Crippen MR) is 54.7 cm³/mol. The fourth-order valence-corrected chi connectivity index (χ4v) is 1.60. The van der Waals surface area contributed by atoms with Crippen LogP contribution in [0.15, 0.2) is 12.3 Å². The first-order chi connectivity index (χ1) is 6.27. The van der Waals surface area contributed by atoms with E-state index in [4.69, 9.17) is 0 Å². The Kier molecular flexibility index (Phi) is 3.96. The van der Waals surface area contributed by atoms with Crippen LogP contribution in [0.3, 0.4) is 0 Å². The minimum absolute atomic E-state index is 0.673. The number of hydrogen-bond acceptors (Lipinski definition) is 2. The van der Waals surface area contributed by atoms with Gasteiger partial charge < -0.3 is 5.32 Å². The summed E-state index contributed by atoms with van der Waals surface area (Å²) in [6.07, 6.45) is 2.99. The van der Waals surface area contributed by atoms with E-state index in [-0.39, 0.29) is 0 Å². The van der Waals surface area contributed by atoms with Gasteiger partial charge in [0.05, 0.1) is 0 Å². The molecule has 0 amide bonds. The van der Waals surface area contributed by atoms with Crippen LogP contribution < -0.4 is 5.32 Å². The van der Waals surface area contributed by atoms with Crippen molar-refractivity contribution in [2.24, 2.45) is 5.92 Å². The van der Waals surface area contributed by atoms with Gasteiger partial charge in [-0.3, -0.25) is 4.68 Å². The third kappa shape index (κ3) is 2.84. The monoisotopic (exact) mass is 181 g/mol. The van der Waals surface area contributed by atoms with Crippen molar-refractivity contribution in [3.8, 4) is 0 Å². The van der Waals surface area contributed by atoms with E-state index in [9.17, 15) is 0 Å². The van der Waals surface area contributed by atoms with Gasteiger partial charge in [-0.05, 0) is 38.9 Å². The summed E-state index contributed by atoms with van der Waals surface area (Å²) in [7, 11) is 1.99. The fourth-order valence-electron chi connectivity index (χ4n) is 1.60. The highest BCUT2D eigenvalue weighted by molar-refractivity contribution is 5.01. The molecule has 1 heterocycles. The lowest BCUT2D eigenvalue weighted by molar-refractivity contribution is 0.508. The zero-order valence-electron chi connectivity index (χ0n) is 8.75. The van der Waals surface area contributed by atoms with Gasteiger partial charge in [-0.15, -0.1) is 0 Å². The average molecular weight is 181 g/mol. The molecule has 1 aromatic rings. The van der Waals surface area contributed by atoms with Gasteiger partial charge in [-0.2, -0.15) is 5.10 Å². The summed E-state index contributed by atoms with van der Waals surface area (Å²) in [5.41, 5.74) is 1.34. The van der Waals surface area contributed by atoms with E-state index in [2.05, 4.69) is 35.0 Å². The molecule has 0 aliphatic carbocycles. The van der Waals surface area contributed by atoms with Gasteiger partial charge >= 0.3 is 0 Å². The van der Waals surface area contributed by atoms with E-state index in [0.29, 0.717) is 5.92 Å². The van der Waals surface area contributed by atoms with Crippen molar-refractivity contribution in [1.82, 2.24) is 15.1 Å². The molecule has 0 saturated heterocycles. The topological polar surface area (TPSA) is 29.9 Å². The fraction of sp³-hybridized carbons (Fsp3) is 0.700. The quantitative estimate of drug-likeness (QED) is 0.742. The van der Waals surface area contributed by atoms with Crippen LogP contribution in [0.2, 0.25) is 0 Å². The molecule has 13 heavy (non-hydrogen) atoms. The Labute approximate surface area is 80.1 Å². The van der Waals surface area contributed by atoms with Gasteiger partial charge in [-0.25, -0.2) is 0 Å². The molecular weight excluding hydrogens is 162 g/mol. The zero-order valence-corrected chi connectivity index (χ0v) is 8.75. The Balaban J connectivity index is 2.52. The molecule has 0 aliphatic rings. The minimum Gasteiger partial charge on any atom is -0.319 e. The largest absolute Gasteiger partial charge is 0.319 e. The first kappa shape index (κ1) is 10.3. The molecule has 0 aliphatic heterocycles. The lowest BCUT2D eigenvalue weighted by atomic mass is 10.1. The Morgan fingerprint density at radius 1 is 1.62 bits per heavy atom. The molecule has 0 bridgehead atoms. The number of hydrogen-bond donors (Lipinski definition) is 1. The van der Waals surface area contributed by atoms with Crippen LogP contribution in [-0.4, -0.2) is 23.4 Å². The van der Waals surface area contributed by atoms with Crippen LogP contribution in [0.25, 0.3) is 0 Å². The Morgan fingerprint density at radius 3 is 3.00 bits per heavy atom. The lowest BCUT2D eigenvalue weighted by Gasteiger charge is -2.11. The first-order valence-corrected chi connectivity index (χ1v) is 4.93. The molecule has 0 radical (unpaired) electrons. The van der Waals surface area contributed by atoms with Crippen LogP contribution >= 0.6 is 0 Å². The Morgan fingerprint density at radius 2 is 2.38 bits per heavy atom. The van der Waals surface area contributed by atoms with Crippen LogP contribution in [-0.2, 0) is 13.0 Å². The average Bonchev–Trinajstić information content (AvgIpc) is 2.52. The Hall–Kier alpha value is -0.830. The summed E-state index contributed by atoms with van der Waals surface area (Å²) in [4.78, 5) is 0. The molecule has 1 rings (SSSR count). The third-order valence-electron chi connectivity index (χ3n) is 2.21. The van der Waals surface area contributed by atoms with E-state index in [1.807, 2.05) is 13.2 Å². The summed E-state index contributed by atoms with van der Waals surface area (Å²) in [6.45, 7) is 6.41. The van der Waals surface area contributed by atoms with Gasteiger partial charge in [0, 0.05) is 18.4 Å². The second-order valence-electron chi connectivity index (χ2n) is 3.51. The predicted octanol–water partition coefficient (Wildman–Crippen LogP) is 1.30. The second kappa shape index (κ2) is 5.02. The molecular formula is C10H19N3. The van der Waals surface area contributed by atoms with Crippen molar-refractivity contribution in [3.05, 3.63) is 18.0 Å². The molecule has 3 nitrogen and oxygen atoms in total. The standard InChI is InChI=1S/C10H19N3/c1-4-13-10(5-6-12-13)7-9(2)8-11-3/h5-6,9,11H,4,7-8H2,1-3H3. The smallest absolute Gasteiger partial charge is 0.0492 e. The number of aromatic nitrogens is 2. The van der Waals surface area contributed by atoms with E-state index < -0.39 is 0 Å². The van der Waals surface area contributed by atoms with Crippen LogP contribution in [0.4, 0.5) is 0 Å². The normalized spacial score (nSPS) is 13.2. The summed E-state index contributed by atoms with van der Waals surface area (Å²) < 4.78 is 2.06. The first-order valence-electron chi connectivity index (χ1n) is 4.93. The Bertz CT molecular complexity index is 242. The SMILES string of the molecule is CCn1nccc1CC(C)CNC. The zero-order chi connectivity index (χ0) is 9.68. The second-order valence-corrected chi connectivity index (χ2v) is 3.51. The van der Waals surface area contributed by atoms with Gasteiger partial charge in [0.2, 0.25) is 0 Å². The van der Waals surface area contributed by atoms with E-state index >= 15 is 0 Å². The van der Waals surface area contributed by atoms with Gasteiger partial charge in [0.15, 0.2) is 0 Å². The number of nitrogens with one attached hydrogen (secondary N) is 1. The lowest BCUT2D eigenvalue weighted by Crippen LogP contribution is -2.19. The van der Waals surface area contributed by atoms with Crippen LogP contribution in [0.1, 0.15) is 19.5 Å². The van der Waals surface area contributed by atoms with E-state index in [1.54, 1.807) is 0 Å². The van der Waals surface area contributed by atoms with Crippen LogP contribution in [0, 0.1) is 5.92 Å². The van der Waals surface area contributed by atoms with E-state index in [0.717, 1.165) is 19.5 Å². The summed E-state index contributed by atoms with van der Waals surface area (Å²) >= 11 is 0. The summed E-state index contributed by atoms with van der Waals surface area (Å²) in [5, 5.41) is 7.43. The highest BCUT2D eigenvalue weighted by atomic mass is 15.3. The molecule has 0 aromatic carbocycles. The highest BCUT2D eigenvalue weighted by Crippen LogP contribution is 2.07. The molecule has 1 atom stereocenters. The number of nitrogens with zero attached hydrogens (tertiary/aromatic N) is 2. The van der Waals surface area contributed by atoms with Crippen molar-refractivity contribution in [2.45, 2.75) is 26.8 Å². The maximum absolute atomic E-state index is 4.24. The molecule has 3 heteroatoms. The van der Waals surface area contributed by atoms with Gasteiger partial charge in [0.1, 0.15) is 0 Å². The molecule has 1 aromatic heterocycles. The van der Waals surface area contributed by atoms with Crippen molar-refractivity contribution < 1.29 is 0 Å². The van der Waals surface area contributed by atoms with Crippen LogP contribution in [0.5, 0.6) is 0 Å². The van der Waals surface area contributed by atoms with E-state index in [1.165, 1.54) is 5.69 Å². The number of aryl methyl sites for hydroxylation is 1. The third-order valence-corrected chi connectivity index (χ3v) is 2.21. The van der Waals surface area contributed by atoms with Crippen molar-refractivity contribution in [2.75, 3.05) is 13.6 Å². The highest BCUT2D eigenvalue weighted by Gasteiger charge is 2.06. The molecule has 1 unspecified atom stereocenters. The van der Waals surface area contributed by atoms with Crippen molar-refractivity contribution in [1.29, 1.82) is 0 Å². The molecule has 1 N–H and O–H groups in total. The minimum atomic E-state index is 0.673. The van der Waals surface area contributed by atoms with Crippen molar-refractivity contribution >= 4 is 0 Å². The maximum atomic E-state index is 4.24. The van der Waals surface area contributed by atoms with Crippen molar-refractivity contribution in [3.63, 3.8) is 0 Å². The maximum Gasteiger partial charge on any atom is 0.0492 e. The molecule has 74 valence electrons. The molecule has 0 saturated carbocycles. The van der Waals surface area contributed by atoms with Gasteiger partial charge in [0.25, 0.3) is 0 Å². The molecule has 0 fully saturated rings. The van der Waals surface area contributed by atoms with Gasteiger partial charge in [-0.1, -0.05) is 6.92 Å². The molecule has 0 spiro atoms. The number of rotatable bonds is 5.